The van der Waals surface area contributed by atoms with E-state index in [-0.39, 0.29) is 11.7 Å². The molecule has 1 aromatic carbocycles. The first-order valence-corrected chi connectivity index (χ1v) is 9.35. The van der Waals surface area contributed by atoms with Crippen LogP contribution < -0.4 is 0 Å². The summed E-state index contributed by atoms with van der Waals surface area (Å²) in [6.07, 6.45) is -4.62. The van der Waals surface area contributed by atoms with E-state index in [1.807, 2.05) is 13.8 Å². The zero-order chi connectivity index (χ0) is 19.9. The Bertz CT molecular complexity index is 897. The number of hydrogen-bond donors (Lipinski definition) is 0. The van der Waals surface area contributed by atoms with E-state index in [1.54, 1.807) is 0 Å². The van der Waals surface area contributed by atoms with Crippen LogP contribution in [0.25, 0.3) is 0 Å². The van der Waals surface area contributed by atoms with Gasteiger partial charge in [-0.3, -0.25) is 0 Å². The molecule has 0 aliphatic heterocycles. The monoisotopic (exact) mass is 411 g/mol. The van der Waals surface area contributed by atoms with Crippen LogP contribution in [0, 0.1) is 0 Å². The lowest BCUT2D eigenvalue weighted by molar-refractivity contribution is -0.137. The van der Waals surface area contributed by atoms with E-state index >= 15 is 0 Å². The number of sulfonamides is 1. The van der Waals surface area contributed by atoms with Gasteiger partial charge in [-0.1, -0.05) is 30.6 Å². The zero-order valence-corrected chi connectivity index (χ0v) is 15.9. The second-order valence-electron chi connectivity index (χ2n) is 5.99. The zero-order valence-electron chi connectivity index (χ0n) is 14.4. The van der Waals surface area contributed by atoms with Crippen molar-refractivity contribution in [2.45, 2.75) is 43.8 Å². The van der Waals surface area contributed by atoms with E-state index in [9.17, 15) is 21.6 Å². The Balaban J connectivity index is 2.36. The van der Waals surface area contributed by atoms with Gasteiger partial charge in [0.05, 0.1) is 16.6 Å². The Labute approximate surface area is 154 Å². The maximum absolute atomic E-state index is 12.7. The van der Waals surface area contributed by atoms with Gasteiger partial charge < -0.3 is 4.52 Å². The molecule has 11 heteroatoms. The highest BCUT2D eigenvalue weighted by atomic mass is 35.5. The lowest BCUT2D eigenvalue weighted by Crippen LogP contribution is -2.30. The van der Waals surface area contributed by atoms with Gasteiger partial charge in [0.25, 0.3) is 0 Å². The highest BCUT2D eigenvalue weighted by Crippen LogP contribution is 2.35. The Kier molecular flexibility index (Phi) is 5.69. The molecule has 26 heavy (non-hydrogen) atoms. The van der Waals surface area contributed by atoms with Gasteiger partial charge in [0, 0.05) is 13.0 Å². The molecule has 1 aromatic heterocycles. The van der Waals surface area contributed by atoms with Crippen molar-refractivity contribution in [3.8, 4) is 0 Å². The van der Waals surface area contributed by atoms with Crippen molar-refractivity contribution in [2.24, 2.45) is 0 Å². The minimum absolute atomic E-state index is 0.0327. The molecule has 2 aromatic rings. The Hall–Kier alpha value is -1.65. The highest BCUT2D eigenvalue weighted by Gasteiger charge is 2.34. The topological polar surface area (TPSA) is 76.3 Å². The summed E-state index contributed by atoms with van der Waals surface area (Å²) in [5.74, 6) is 0.461. The average Bonchev–Trinajstić information content (AvgIpc) is 3.02. The quantitative estimate of drug-likeness (QED) is 0.735. The molecule has 0 saturated heterocycles. The van der Waals surface area contributed by atoms with Crippen molar-refractivity contribution in [1.82, 2.24) is 14.4 Å². The molecule has 144 valence electrons. The Morgan fingerprint density at radius 1 is 1.23 bits per heavy atom. The SMILES string of the molecule is CC(C)c1nc(C(C)N(C)S(=O)(=O)c2ccc(C(F)(F)F)cc2Cl)no1. The molecule has 1 heterocycles. The van der Waals surface area contributed by atoms with Crippen molar-refractivity contribution < 1.29 is 26.1 Å². The molecule has 6 nitrogen and oxygen atoms in total. The fraction of sp³-hybridized carbons (Fsp3) is 0.467. The summed E-state index contributed by atoms with van der Waals surface area (Å²) in [4.78, 5) is 3.71. The smallest absolute Gasteiger partial charge is 0.339 e. The molecule has 0 aliphatic carbocycles. The van der Waals surface area contributed by atoms with Crippen LogP contribution >= 0.6 is 11.6 Å². The van der Waals surface area contributed by atoms with E-state index in [2.05, 4.69) is 10.1 Å². The van der Waals surface area contributed by atoms with Crippen LogP contribution in [0.1, 0.15) is 50.0 Å². The largest absolute Gasteiger partial charge is 0.416 e. The number of halogens is 4. The van der Waals surface area contributed by atoms with Crippen molar-refractivity contribution in [1.29, 1.82) is 0 Å². The molecule has 2 rings (SSSR count). The second kappa shape index (κ2) is 7.16. The molecule has 0 bridgehead atoms. The molecule has 0 fully saturated rings. The molecule has 1 unspecified atom stereocenters. The summed E-state index contributed by atoms with van der Waals surface area (Å²) in [6, 6.07) is 1.27. The highest BCUT2D eigenvalue weighted by molar-refractivity contribution is 7.89. The Morgan fingerprint density at radius 2 is 1.85 bits per heavy atom. The van der Waals surface area contributed by atoms with Crippen molar-refractivity contribution in [3.05, 3.63) is 40.5 Å². The normalized spacial score (nSPS) is 14.2. The lowest BCUT2D eigenvalue weighted by Gasteiger charge is -2.22. The van der Waals surface area contributed by atoms with Crippen LogP contribution in [-0.2, 0) is 16.2 Å². The molecule has 0 saturated carbocycles. The summed E-state index contributed by atoms with van der Waals surface area (Å²) < 4.78 is 69.7. The summed E-state index contributed by atoms with van der Waals surface area (Å²) in [7, 11) is -2.91. The summed E-state index contributed by atoms with van der Waals surface area (Å²) >= 11 is 5.80. The van der Waals surface area contributed by atoms with Gasteiger partial charge in [0.2, 0.25) is 15.9 Å². The minimum Gasteiger partial charge on any atom is -0.339 e. The van der Waals surface area contributed by atoms with Gasteiger partial charge in [-0.05, 0) is 25.1 Å². The molecule has 0 radical (unpaired) electrons. The lowest BCUT2D eigenvalue weighted by atomic mass is 10.2. The van der Waals surface area contributed by atoms with Crippen molar-refractivity contribution in [3.63, 3.8) is 0 Å². The standard InChI is InChI=1S/C15H17ClF3N3O3S/c1-8(2)14-20-13(21-25-14)9(3)22(4)26(23,24)12-6-5-10(7-11(12)16)15(17,18)19/h5-9H,1-4H3. The molecule has 0 spiro atoms. The van der Waals surface area contributed by atoms with Crippen LogP contribution in [0.4, 0.5) is 13.2 Å². The molecule has 0 aliphatic rings. The number of alkyl halides is 3. The first kappa shape index (κ1) is 20.7. The fourth-order valence-corrected chi connectivity index (χ4v) is 3.90. The predicted octanol–water partition coefficient (Wildman–Crippen LogP) is 4.25. The summed E-state index contributed by atoms with van der Waals surface area (Å²) in [5.41, 5.74) is -1.03. The summed E-state index contributed by atoms with van der Waals surface area (Å²) in [6.45, 7) is 5.21. The molecule has 0 amide bonds. The van der Waals surface area contributed by atoms with Crippen LogP contribution in [0.3, 0.4) is 0 Å². The predicted molar refractivity (Wildman–Crippen MR) is 88.2 cm³/mol. The van der Waals surface area contributed by atoms with Crippen LogP contribution in [0.15, 0.2) is 27.6 Å². The number of benzene rings is 1. The van der Waals surface area contributed by atoms with E-state index in [4.69, 9.17) is 16.1 Å². The van der Waals surface area contributed by atoms with Gasteiger partial charge in [-0.2, -0.15) is 22.5 Å². The minimum atomic E-state index is -4.62. The van der Waals surface area contributed by atoms with Crippen LogP contribution in [0.5, 0.6) is 0 Å². The van der Waals surface area contributed by atoms with E-state index in [0.29, 0.717) is 18.0 Å². The number of nitrogens with zero attached hydrogens (tertiary/aromatic N) is 3. The number of aromatic nitrogens is 2. The molecule has 0 N–H and O–H groups in total. The van der Waals surface area contributed by atoms with Crippen LogP contribution in [-0.4, -0.2) is 29.9 Å². The van der Waals surface area contributed by atoms with E-state index < -0.39 is 37.7 Å². The molecular formula is C15H17ClF3N3O3S. The van der Waals surface area contributed by atoms with Crippen molar-refractivity contribution >= 4 is 21.6 Å². The third kappa shape index (κ3) is 4.02. The third-order valence-electron chi connectivity index (χ3n) is 3.79. The van der Waals surface area contributed by atoms with Gasteiger partial charge in [0.15, 0.2) is 5.82 Å². The first-order chi connectivity index (χ1) is 11.9. The van der Waals surface area contributed by atoms with Gasteiger partial charge >= 0.3 is 6.18 Å². The van der Waals surface area contributed by atoms with E-state index in [1.165, 1.54) is 14.0 Å². The van der Waals surface area contributed by atoms with Gasteiger partial charge in [-0.25, -0.2) is 8.42 Å². The average molecular weight is 412 g/mol. The van der Waals surface area contributed by atoms with Gasteiger partial charge in [-0.15, -0.1) is 0 Å². The fourth-order valence-electron chi connectivity index (χ4n) is 2.06. The van der Waals surface area contributed by atoms with E-state index in [0.717, 1.165) is 10.4 Å². The second-order valence-corrected chi connectivity index (χ2v) is 8.36. The Morgan fingerprint density at radius 3 is 2.31 bits per heavy atom. The third-order valence-corrected chi connectivity index (χ3v) is 6.20. The number of rotatable bonds is 5. The molecular weight excluding hydrogens is 395 g/mol. The van der Waals surface area contributed by atoms with Gasteiger partial charge in [0.1, 0.15) is 4.90 Å². The van der Waals surface area contributed by atoms with Crippen molar-refractivity contribution in [2.75, 3.05) is 7.05 Å². The maximum Gasteiger partial charge on any atom is 0.416 e. The van der Waals surface area contributed by atoms with Crippen LogP contribution in [0.2, 0.25) is 5.02 Å². The first-order valence-electron chi connectivity index (χ1n) is 7.54. The maximum atomic E-state index is 12.7. The number of hydrogen-bond acceptors (Lipinski definition) is 5. The summed E-state index contributed by atoms with van der Waals surface area (Å²) in [5, 5.41) is 3.24. The molecule has 1 atom stereocenters.